The topological polar surface area (TPSA) is 93.1 Å². The van der Waals surface area contributed by atoms with Crippen LogP contribution in [0.3, 0.4) is 0 Å². The fraction of sp³-hybridized carbons (Fsp3) is 0.692. The standard InChI is InChI=1S/C39H66O6/c1-4-5-6-7-8-9-10-11-12-16-19-22-25-29-36(41)30-27-32-38(42)44-34-37(33-40)45-39(43)31-26-23-20-17-14-13-15-18-21-24-28-35(2)3/h5-6,8-9,11-12,19,22,25,29,35-37,40-41H,4,7,10,13-18,20-21,23-24,26-28,30-34H2,1-3H3/b6-5-,9-8-,12-11-,22-19-,29-25+/t36?,37-/m0/s1. The summed E-state index contributed by atoms with van der Waals surface area (Å²) in [4.78, 5) is 24.2. The molecule has 2 atom stereocenters. The molecule has 258 valence electrons. The SMILES string of the molecule is CC/C=C\C/C=C\C/C=C\C/C=C\C=C\C(O)CCCC(=O)OC[C@H](CO)OC(=O)CCCCCCCCCCCCC(C)C. The smallest absolute Gasteiger partial charge is 0.306 e. The first-order valence-corrected chi connectivity index (χ1v) is 17.8. The fourth-order valence-corrected chi connectivity index (χ4v) is 4.65. The molecular formula is C39H66O6. The summed E-state index contributed by atoms with van der Waals surface area (Å²) < 4.78 is 10.5. The molecule has 45 heavy (non-hydrogen) atoms. The van der Waals surface area contributed by atoms with Gasteiger partial charge in [-0.25, -0.2) is 0 Å². The molecule has 0 heterocycles. The monoisotopic (exact) mass is 630 g/mol. The first-order chi connectivity index (χ1) is 21.9. The van der Waals surface area contributed by atoms with Crippen LogP contribution in [-0.2, 0) is 19.1 Å². The van der Waals surface area contributed by atoms with Gasteiger partial charge in [-0.3, -0.25) is 9.59 Å². The minimum Gasteiger partial charge on any atom is -0.462 e. The number of aliphatic hydroxyl groups excluding tert-OH is 2. The molecule has 0 aliphatic rings. The quantitative estimate of drug-likeness (QED) is 0.0355. The summed E-state index contributed by atoms with van der Waals surface area (Å²) in [5, 5.41) is 19.6. The van der Waals surface area contributed by atoms with Crippen LogP contribution < -0.4 is 0 Å². The van der Waals surface area contributed by atoms with Gasteiger partial charge in [-0.1, -0.05) is 146 Å². The van der Waals surface area contributed by atoms with E-state index in [0.717, 1.165) is 50.9 Å². The van der Waals surface area contributed by atoms with Crippen LogP contribution in [0.5, 0.6) is 0 Å². The van der Waals surface area contributed by atoms with Gasteiger partial charge in [0.2, 0.25) is 0 Å². The maximum atomic E-state index is 12.1. The van der Waals surface area contributed by atoms with E-state index in [-0.39, 0.29) is 19.0 Å². The van der Waals surface area contributed by atoms with E-state index >= 15 is 0 Å². The van der Waals surface area contributed by atoms with Crippen LogP contribution in [0.15, 0.2) is 60.8 Å². The Morgan fingerprint density at radius 2 is 1.18 bits per heavy atom. The molecule has 6 heteroatoms. The van der Waals surface area contributed by atoms with E-state index in [4.69, 9.17) is 9.47 Å². The average Bonchev–Trinajstić information content (AvgIpc) is 3.01. The van der Waals surface area contributed by atoms with Gasteiger partial charge in [-0.2, -0.15) is 0 Å². The van der Waals surface area contributed by atoms with Gasteiger partial charge in [-0.05, 0) is 50.9 Å². The van der Waals surface area contributed by atoms with Crippen molar-refractivity contribution in [3.05, 3.63) is 60.8 Å². The third-order valence-electron chi connectivity index (χ3n) is 7.36. The minimum absolute atomic E-state index is 0.152. The second-order valence-corrected chi connectivity index (χ2v) is 12.2. The highest BCUT2D eigenvalue weighted by Gasteiger charge is 2.16. The lowest BCUT2D eigenvalue weighted by molar-refractivity contribution is -0.161. The summed E-state index contributed by atoms with van der Waals surface area (Å²) in [5.41, 5.74) is 0. The number of hydrogen-bond donors (Lipinski definition) is 2. The van der Waals surface area contributed by atoms with Crippen LogP contribution in [0.25, 0.3) is 0 Å². The second-order valence-electron chi connectivity index (χ2n) is 12.2. The normalized spacial score (nSPS) is 13.7. The first-order valence-electron chi connectivity index (χ1n) is 17.8. The lowest BCUT2D eigenvalue weighted by Gasteiger charge is -2.16. The number of unbranched alkanes of at least 4 members (excludes halogenated alkanes) is 9. The Kier molecular flexibility index (Phi) is 31.2. The van der Waals surface area contributed by atoms with Crippen LogP contribution in [0, 0.1) is 5.92 Å². The van der Waals surface area contributed by atoms with Gasteiger partial charge >= 0.3 is 11.9 Å². The molecule has 0 spiro atoms. The Labute approximate surface area is 275 Å². The lowest BCUT2D eigenvalue weighted by atomic mass is 10.0. The van der Waals surface area contributed by atoms with Crippen molar-refractivity contribution >= 4 is 11.9 Å². The van der Waals surface area contributed by atoms with Crippen LogP contribution in [0.4, 0.5) is 0 Å². The van der Waals surface area contributed by atoms with Crippen LogP contribution in [-0.4, -0.2) is 47.6 Å². The van der Waals surface area contributed by atoms with Crippen LogP contribution >= 0.6 is 0 Å². The Morgan fingerprint density at radius 1 is 0.644 bits per heavy atom. The molecule has 0 aromatic rings. The van der Waals surface area contributed by atoms with E-state index in [1.54, 1.807) is 6.08 Å². The molecule has 0 fully saturated rings. The lowest BCUT2D eigenvalue weighted by Crippen LogP contribution is -2.28. The number of carbonyl (C=O) groups excluding carboxylic acids is 2. The van der Waals surface area contributed by atoms with Crippen molar-refractivity contribution in [3.8, 4) is 0 Å². The molecule has 2 N–H and O–H groups in total. The van der Waals surface area contributed by atoms with E-state index in [2.05, 4.69) is 57.2 Å². The molecule has 0 aromatic carbocycles. The van der Waals surface area contributed by atoms with E-state index < -0.39 is 24.8 Å². The van der Waals surface area contributed by atoms with Crippen molar-refractivity contribution in [3.63, 3.8) is 0 Å². The number of ether oxygens (including phenoxy) is 2. The highest BCUT2D eigenvalue weighted by Crippen LogP contribution is 2.14. The summed E-state index contributed by atoms with van der Waals surface area (Å²) in [7, 11) is 0. The number of carbonyl (C=O) groups is 2. The summed E-state index contributed by atoms with van der Waals surface area (Å²) in [6.07, 6.45) is 37.4. The molecule has 0 rings (SSSR count). The van der Waals surface area contributed by atoms with Gasteiger partial charge in [0.05, 0.1) is 12.7 Å². The highest BCUT2D eigenvalue weighted by molar-refractivity contribution is 5.70. The van der Waals surface area contributed by atoms with Gasteiger partial charge in [0.1, 0.15) is 6.61 Å². The summed E-state index contributed by atoms with van der Waals surface area (Å²) in [6, 6.07) is 0. The number of aliphatic hydroxyl groups is 2. The summed E-state index contributed by atoms with van der Waals surface area (Å²) in [5.74, 6) is 0.0116. The molecule has 0 aliphatic heterocycles. The molecule has 0 aromatic heterocycles. The van der Waals surface area contributed by atoms with Crippen molar-refractivity contribution in [2.24, 2.45) is 5.92 Å². The van der Waals surface area contributed by atoms with E-state index in [0.29, 0.717) is 19.3 Å². The third-order valence-corrected chi connectivity index (χ3v) is 7.36. The molecule has 0 amide bonds. The van der Waals surface area contributed by atoms with Crippen molar-refractivity contribution in [2.45, 2.75) is 155 Å². The highest BCUT2D eigenvalue weighted by atomic mass is 16.6. The van der Waals surface area contributed by atoms with Crippen molar-refractivity contribution in [2.75, 3.05) is 13.2 Å². The zero-order chi connectivity index (χ0) is 33.2. The Balaban J connectivity index is 3.82. The summed E-state index contributed by atoms with van der Waals surface area (Å²) >= 11 is 0. The van der Waals surface area contributed by atoms with Crippen molar-refractivity contribution in [1.29, 1.82) is 0 Å². The summed E-state index contributed by atoms with van der Waals surface area (Å²) in [6.45, 7) is 6.15. The number of allylic oxidation sites excluding steroid dienone is 9. The molecule has 0 saturated carbocycles. The molecule has 0 aliphatic carbocycles. The van der Waals surface area contributed by atoms with E-state index in [9.17, 15) is 19.8 Å². The number of rotatable bonds is 30. The zero-order valence-electron chi connectivity index (χ0n) is 28.9. The van der Waals surface area contributed by atoms with Gasteiger partial charge < -0.3 is 19.7 Å². The number of esters is 2. The minimum atomic E-state index is -0.846. The zero-order valence-corrected chi connectivity index (χ0v) is 28.9. The second kappa shape index (κ2) is 32.9. The largest absolute Gasteiger partial charge is 0.462 e. The van der Waals surface area contributed by atoms with Crippen molar-refractivity contribution < 1.29 is 29.3 Å². The van der Waals surface area contributed by atoms with Gasteiger partial charge in [0.15, 0.2) is 6.10 Å². The van der Waals surface area contributed by atoms with Crippen LogP contribution in [0.1, 0.15) is 143 Å². The third kappa shape index (κ3) is 32.8. The maximum absolute atomic E-state index is 12.1. The van der Waals surface area contributed by atoms with E-state index in [1.165, 1.54) is 51.4 Å². The Morgan fingerprint density at radius 3 is 1.76 bits per heavy atom. The first kappa shape index (κ1) is 42.6. The van der Waals surface area contributed by atoms with Gasteiger partial charge in [-0.15, -0.1) is 0 Å². The van der Waals surface area contributed by atoms with Gasteiger partial charge in [0.25, 0.3) is 0 Å². The molecule has 0 radical (unpaired) electrons. The molecular weight excluding hydrogens is 564 g/mol. The Bertz CT molecular complexity index is 838. The average molecular weight is 631 g/mol. The van der Waals surface area contributed by atoms with E-state index in [1.807, 2.05) is 18.2 Å². The number of hydrogen-bond acceptors (Lipinski definition) is 6. The molecule has 0 saturated heterocycles. The maximum Gasteiger partial charge on any atom is 0.306 e. The predicted octanol–water partition coefficient (Wildman–Crippen LogP) is 9.66. The Hall–Kier alpha value is -2.44. The molecule has 1 unspecified atom stereocenters. The van der Waals surface area contributed by atoms with Crippen LogP contribution in [0.2, 0.25) is 0 Å². The molecule has 0 bridgehead atoms. The predicted molar refractivity (Wildman–Crippen MR) is 188 cm³/mol. The fourth-order valence-electron chi connectivity index (χ4n) is 4.65. The van der Waals surface area contributed by atoms with Gasteiger partial charge in [0, 0.05) is 12.8 Å². The van der Waals surface area contributed by atoms with Crippen molar-refractivity contribution in [1.82, 2.24) is 0 Å². The molecule has 6 nitrogen and oxygen atoms in total.